The van der Waals surface area contributed by atoms with Crippen molar-refractivity contribution in [3.05, 3.63) is 0 Å². The van der Waals surface area contributed by atoms with Gasteiger partial charge in [-0.15, -0.1) is 0 Å². The summed E-state index contributed by atoms with van der Waals surface area (Å²) >= 11 is 0. The minimum absolute atomic E-state index is 0.00414. The molecule has 5 atom stereocenters. The lowest BCUT2D eigenvalue weighted by molar-refractivity contribution is -0.133. The molecule has 10 heteroatoms. The molecule has 2 aliphatic heterocycles. The molecule has 9 nitrogen and oxygen atoms in total. The number of likely N-dealkylation sites (tertiary alicyclic amines) is 2. The number of carbonyl (C=O) groups is 2. The van der Waals surface area contributed by atoms with E-state index in [1.54, 1.807) is 4.90 Å². The minimum Gasteiger partial charge on any atom is -0.391 e. The Morgan fingerprint density at radius 1 is 0.833 bits per heavy atom. The number of unbranched alkanes of at least 4 members (excludes halogenated alkanes) is 6. The number of hydrogen-bond donors (Lipinski definition) is 2. The molecule has 0 bridgehead atoms. The third kappa shape index (κ3) is 10.4. The number of phosphoric ester groups is 1. The summed E-state index contributed by atoms with van der Waals surface area (Å²) in [6.07, 6.45) is 10.3. The average molecular weight is 533 g/mol. The molecule has 0 aromatic rings. The summed E-state index contributed by atoms with van der Waals surface area (Å²) in [5.41, 5.74) is 0. The number of carbonyl (C=O) groups excluding carboxylic acids is 2. The van der Waals surface area contributed by atoms with Gasteiger partial charge in [0.1, 0.15) is 0 Å². The Bertz CT molecular complexity index is 722. The van der Waals surface area contributed by atoms with Gasteiger partial charge in [0, 0.05) is 32.0 Å². The van der Waals surface area contributed by atoms with Gasteiger partial charge in [0.15, 0.2) is 0 Å². The average Bonchev–Trinajstić information content (AvgIpc) is 3.40. The second kappa shape index (κ2) is 16.1. The fourth-order valence-corrected chi connectivity index (χ4v) is 6.26. The molecule has 36 heavy (non-hydrogen) atoms. The molecule has 2 amide bonds. The number of hydrogen-bond acceptors (Lipinski definition) is 6. The van der Waals surface area contributed by atoms with Crippen molar-refractivity contribution in [1.29, 1.82) is 0 Å². The van der Waals surface area contributed by atoms with Crippen molar-refractivity contribution >= 4 is 19.6 Å². The fraction of sp³-hybridized carbons (Fsp3) is 0.923. The molecule has 0 saturated carbocycles. The Balaban J connectivity index is 1.86. The number of β-amino-alcohol motifs (C(OH)–C–C–N with tert-alkyl or cyclic N) is 1. The lowest BCUT2D eigenvalue weighted by atomic mass is 10.1. The molecule has 2 heterocycles. The molecule has 2 fully saturated rings. The number of aliphatic hydroxyl groups excluding tert-OH is 1. The van der Waals surface area contributed by atoms with Gasteiger partial charge in [0.25, 0.3) is 0 Å². The molecule has 0 spiro atoms. The van der Waals surface area contributed by atoms with Crippen molar-refractivity contribution in [3.63, 3.8) is 0 Å². The standard InChI is InChI=1S/C26H49N2O7P/c1-4-7-9-11-14-25(30)27-18-23(29)16-22(27)20-34-36(32,33)35-24-17-21(13-6-3)28(19-24)26(31)15-12-10-8-5-2/h21-24,29H,4-20H2,1-3H3,(H,32,33)/t21-,22+,23-,24-/m1/s1. The van der Waals surface area contributed by atoms with Crippen LogP contribution in [0.25, 0.3) is 0 Å². The first-order valence-electron chi connectivity index (χ1n) is 14.1. The summed E-state index contributed by atoms with van der Waals surface area (Å²) in [6, 6.07) is -0.454. The van der Waals surface area contributed by atoms with Gasteiger partial charge in [-0.05, 0) is 32.1 Å². The maximum atomic E-state index is 12.8. The highest BCUT2D eigenvalue weighted by atomic mass is 31.2. The Morgan fingerprint density at radius 2 is 1.42 bits per heavy atom. The molecule has 0 aromatic heterocycles. The zero-order valence-corrected chi connectivity index (χ0v) is 23.5. The topological polar surface area (TPSA) is 117 Å². The normalized spacial score (nSPS) is 25.9. The second-order valence-electron chi connectivity index (χ2n) is 10.4. The summed E-state index contributed by atoms with van der Waals surface area (Å²) in [4.78, 5) is 39.2. The van der Waals surface area contributed by atoms with Gasteiger partial charge in [0.05, 0.1) is 24.9 Å². The Hall–Kier alpha value is -0.990. The smallest absolute Gasteiger partial charge is 0.391 e. The molecular formula is C26H49N2O7P. The molecule has 2 saturated heterocycles. The first-order chi connectivity index (χ1) is 17.2. The number of rotatable bonds is 17. The molecule has 2 rings (SSSR count). The molecular weight excluding hydrogens is 483 g/mol. The van der Waals surface area contributed by atoms with Crippen molar-refractivity contribution in [3.8, 4) is 0 Å². The van der Waals surface area contributed by atoms with Crippen LogP contribution in [-0.2, 0) is 23.2 Å². The van der Waals surface area contributed by atoms with Crippen LogP contribution < -0.4 is 0 Å². The van der Waals surface area contributed by atoms with E-state index in [0.717, 1.165) is 64.2 Å². The van der Waals surface area contributed by atoms with E-state index in [0.29, 0.717) is 25.7 Å². The maximum absolute atomic E-state index is 12.8. The molecule has 0 radical (unpaired) electrons. The van der Waals surface area contributed by atoms with Crippen LogP contribution in [0.1, 0.15) is 111 Å². The quantitative estimate of drug-likeness (QED) is 0.204. The molecule has 2 N–H and O–H groups in total. The number of phosphoric acid groups is 1. The van der Waals surface area contributed by atoms with Gasteiger partial charge in [-0.3, -0.25) is 18.6 Å². The van der Waals surface area contributed by atoms with Gasteiger partial charge in [0.2, 0.25) is 11.8 Å². The Labute approximate surface area is 217 Å². The molecule has 2 aliphatic rings. The number of aliphatic hydroxyl groups is 1. The van der Waals surface area contributed by atoms with Crippen molar-refractivity contribution in [1.82, 2.24) is 9.80 Å². The van der Waals surface area contributed by atoms with Gasteiger partial charge in [-0.2, -0.15) is 0 Å². The second-order valence-corrected chi connectivity index (χ2v) is 11.8. The van der Waals surface area contributed by atoms with E-state index in [9.17, 15) is 24.2 Å². The predicted octanol–water partition coefficient (Wildman–Crippen LogP) is 4.79. The number of nitrogens with zero attached hydrogens (tertiary/aromatic N) is 2. The fourth-order valence-electron chi connectivity index (χ4n) is 5.31. The summed E-state index contributed by atoms with van der Waals surface area (Å²) in [5, 5.41) is 10.1. The van der Waals surface area contributed by atoms with Crippen molar-refractivity contribution in [2.75, 3.05) is 19.7 Å². The van der Waals surface area contributed by atoms with Gasteiger partial charge >= 0.3 is 7.82 Å². The highest BCUT2D eigenvalue weighted by Gasteiger charge is 2.40. The van der Waals surface area contributed by atoms with E-state index >= 15 is 0 Å². The summed E-state index contributed by atoms with van der Waals surface area (Å²) in [6.45, 7) is 6.64. The molecule has 0 aromatic carbocycles. The first-order valence-corrected chi connectivity index (χ1v) is 15.6. The lowest BCUT2D eigenvalue weighted by Crippen LogP contribution is -2.38. The predicted molar refractivity (Wildman–Crippen MR) is 139 cm³/mol. The van der Waals surface area contributed by atoms with E-state index < -0.39 is 26.1 Å². The SMILES string of the molecule is CCCCCCC(=O)N1C[C@H](O)C[C@H]1COP(=O)(O)O[C@@H]1C[C@@H](CCC)N(C(=O)CCCCCC)C1. The van der Waals surface area contributed by atoms with E-state index in [4.69, 9.17) is 9.05 Å². The Kier molecular flexibility index (Phi) is 13.9. The lowest BCUT2D eigenvalue weighted by Gasteiger charge is -2.25. The first kappa shape index (κ1) is 31.2. The van der Waals surface area contributed by atoms with Crippen LogP contribution in [0.5, 0.6) is 0 Å². The monoisotopic (exact) mass is 532 g/mol. The van der Waals surface area contributed by atoms with Gasteiger partial charge in [-0.25, -0.2) is 4.57 Å². The molecule has 210 valence electrons. The van der Waals surface area contributed by atoms with Crippen LogP contribution in [-0.4, -0.2) is 75.6 Å². The zero-order chi connectivity index (χ0) is 26.6. The summed E-state index contributed by atoms with van der Waals surface area (Å²) in [5.74, 6) is 0.0219. The highest BCUT2D eigenvalue weighted by molar-refractivity contribution is 7.47. The van der Waals surface area contributed by atoms with E-state index in [1.807, 2.05) is 4.90 Å². The number of amides is 2. The van der Waals surface area contributed by atoms with Crippen molar-refractivity contribution < 1.29 is 33.2 Å². The summed E-state index contributed by atoms with van der Waals surface area (Å²) < 4.78 is 23.6. The van der Waals surface area contributed by atoms with E-state index in [1.165, 1.54) is 0 Å². The van der Waals surface area contributed by atoms with E-state index in [-0.39, 0.29) is 37.6 Å². The minimum atomic E-state index is -4.39. The van der Waals surface area contributed by atoms with Gasteiger partial charge < -0.3 is 19.8 Å². The van der Waals surface area contributed by atoms with Crippen LogP contribution in [0.4, 0.5) is 0 Å². The highest BCUT2D eigenvalue weighted by Crippen LogP contribution is 2.47. The van der Waals surface area contributed by atoms with Crippen LogP contribution in [0.15, 0.2) is 0 Å². The largest absolute Gasteiger partial charge is 0.472 e. The van der Waals surface area contributed by atoms with Crippen LogP contribution in [0.2, 0.25) is 0 Å². The summed E-state index contributed by atoms with van der Waals surface area (Å²) in [7, 11) is -4.39. The van der Waals surface area contributed by atoms with Crippen molar-refractivity contribution in [2.24, 2.45) is 0 Å². The molecule has 1 unspecified atom stereocenters. The maximum Gasteiger partial charge on any atom is 0.472 e. The van der Waals surface area contributed by atoms with E-state index in [2.05, 4.69) is 20.8 Å². The third-order valence-corrected chi connectivity index (χ3v) is 8.27. The van der Waals surface area contributed by atoms with Crippen molar-refractivity contribution in [2.45, 2.75) is 135 Å². The van der Waals surface area contributed by atoms with Crippen LogP contribution >= 0.6 is 7.82 Å². The third-order valence-electron chi connectivity index (χ3n) is 7.23. The van der Waals surface area contributed by atoms with Crippen LogP contribution in [0.3, 0.4) is 0 Å². The Morgan fingerprint density at radius 3 is 1.97 bits per heavy atom. The van der Waals surface area contributed by atoms with Crippen LogP contribution in [0, 0.1) is 0 Å². The molecule has 0 aliphatic carbocycles. The van der Waals surface area contributed by atoms with Gasteiger partial charge in [-0.1, -0.05) is 65.7 Å². The zero-order valence-electron chi connectivity index (χ0n) is 22.6.